The van der Waals surface area contributed by atoms with E-state index >= 15 is 0 Å². The molecule has 142 valence electrons. The standard InChI is InChI=1S/C20H23FN4O2/c21-17-5-3-14(4-6-17)19(15-7-9-23-10-8-15)24-20(27)16-2-1-11-25(12-16)13-18(22)26/h3-10,16,19H,1-2,11-13H2,(H2,22,26)(H,24,27). The number of rotatable bonds is 6. The molecular formula is C20H23FN4O2. The molecule has 0 spiro atoms. The Morgan fingerprint density at radius 2 is 1.85 bits per heavy atom. The number of nitrogens with two attached hydrogens (primary N) is 1. The van der Waals surface area contributed by atoms with Gasteiger partial charge in [0.05, 0.1) is 18.5 Å². The van der Waals surface area contributed by atoms with Gasteiger partial charge in [-0.2, -0.15) is 0 Å². The summed E-state index contributed by atoms with van der Waals surface area (Å²) in [5.74, 6) is -1.02. The molecule has 2 aromatic rings. The number of nitrogens with zero attached hydrogens (tertiary/aromatic N) is 2. The SMILES string of the molecule is NC(=O)CN1CCCC(C(=O)NC(c2ccncc2)c2ccc(F)cc2)C1. The van der Waals surface area contributed by atoms with Crippen molar-refractivity contribution in [3.8, 4) is 0 Å². The molecule has 1 aromatic carbocycles. The first-order valence-corrected chi connectivity index (χ1v) is 8.99. The fourth-order valence-electron chi connectivity index (χ4n) is 3.46. The highest BCUT2D eigenvalue weighted by molar-refractivity contribution is 5.80. The molecule has 2 amide bonds. The van der Waals surface area contributed by atoms with Crippen LogP contribution in [-0.4, -0.2) is 41.3 Å². The third-order valence-corrected chi connectivity index (χ3v) is 4.79. The summed E-state index contributed by atoms with van der Waals surface area (Å²) in [6.07, 6.45) is 4.91. The summed E-state index contributed by atoms with van der Waals surface area (Å²) in [5.41, 5.74) is 6.93. The van der Waals surface area contributed by atoms with E-state index in [9.17, 15) is 14.0 Å². The van der Waals surface area contributed by atoms with Crippen LogP contribution in [0.25, 0.3) is 0 Å². The number of likely N-dealkylation sites (tertiary alicyclic amines) is 1. The number of pyridine rings is 1. The van der Waals surface area contributed by atoms with E-state index in [0.717, 1.165) is 30.5 Å². The fourth-order valence-corrected chi connectivity index (χ4v) is 3.46. The molecule has 2 heterocycles. The van der Waals surface area contributed by atoms with Crippen molar-refractivity contribution in [2.75, 3.05) is 19.6 Å². The van der Waals surface area contributed by atoms with Gasteiger partial charge in [-0.05, 0) is 54.8 Å². The lowest BCUT2D eigenvalue weighted by Crippen LogP contribution is -2.46. The average molecular weight is 370 g/mol. The van der Waals surface area contributed by atoms with Crippen molar-refractivity contribution >= 4 is 11.8 Å². The molecule has 3 N–H and O–H groups in total. The van der Waals surface area contributed by atoms with Gasteiger partial charge in [-0.25, -0.2) is 4.39 Å². The summed E-state index contributed by atoms with van der Waals surface area (Å²) in [5, 5.41) is 3.08. The predicted molar refractivity (Wildman–Crippen MR) is 99.0 cm³/mol. The van der Waals surface area contributed by atoms with E-state index in [-0.39, 0.29) is 24.2 Å². The minimum Gasteiger partial charge on any atom is -0.369 e. The van der Waals surface area contributed by atoms with E-state index in [1.54, 1.807) is 24.5 Å². The number of carbonyl (C=O) groups is 2. The van der Waals surface area contributed by atoms with Gasteiger partial charge < -0.3 is 11.1 Å². The zero-order chi connectivity index (χ0) is 19.2. The Hall–Kier alpha value is -2.80. The molecule has 27 heavy (non-hydrogen) atoms. The van der Waals surface area contributed by atoms with E-state index in [1.807, 2.05) is 17.0 Å². The predicted octanol–water partition coefficient (Wildman–Crippen LogP) is 1.62. The van der Waals surface area contributed by atoms with Crippen molar-refractivity contribution < 1.29 is 14.0 Å². The van der Waals surface area contributed by atoms with Gasteiger partial charge in [0.15, 0.2) is 0 Å². The minimum absolute atomic E-state index is 0.0877. The van der Waals surface area contributed by atoms with Crippen molar-refractivity contribution in [1.29, 1.82) is 0 Å². The molecule has 0 aliphatic carbocycles. The van der Waals surface area contributed by atoms with Crippen LogP contribution in [0.3, 0.4) is 0 Å². The number of amides is 2. The van der Waals surface area contributed by atoms with Crippen LogP contribution >= 0.6 is 0 Å². The van der Waals surface area contributed by atoms with Crippen LogP contribution in [0.5, 0.6) is 0 Å². The summed E-state index contributed by atoms with van der Waals surface area (Å²) in [6, 6.07) is 9.36. The molecule has 2 atom stereocenters. The number of aromatic nitrogens is 1. The molecule has 1 aliphatic heterocycles. The highest BCUT2D eigenvalue weighted by Crippen LogP contribution is 2.24. The summed E-state index contributed by atoms with van der Waals surface area (Å²) >= 11 is 0. The zero-order valence-electron chi connectivity index (χ0n) is 15.0. The van der Waals surface area contributed by atoms with Crippen LogP contribution in [0.4, 0.5) is 4.39 Å². The summed E-state index contributed by atoms with van der Waals surface area (Å²) < 4.78 is 13.3. The van der Waals surface area contributed by atoms with Crippen LogP contribution in [0.2, 0.25) is 0 Å². The monoisotopic (exact) mass is 370 g/mol. The van der Waals surface area contributed by atoms with Crippen molar-refractivity contribution in [3.05, 3.63) is 65.7 Å². The molecular weight excluding hydrogens is 347 g/mol. The Balaban J connectivity index is 1.76. The van der Waals surface area contributed by atoms with Crippen molar-refractivity contribution in [2.45, 2.75) is 18.9 Å². The number of halogens is 1. The van der Waals surface area contributed by atoms with Crippen molar-refractivity contribution in [1.82, 2.24) is 15.2 Å². The normalized spacial score (nSPS) is 18.6. The maximum atomic E-state index is 13.3. The number of hydrogen-bond acceptors (Lipinski definition) is 4. The smallest absolute Gasteiger partial charge is 0.231 e. The van der Waals surface area contributed by atoms with Gasteiger partial charge in [-0.15, -0.1) is 0 Å². The van der Waals surface area contributed by atoms with Gasteiger partial charge >= 0.3 is 0 Å². The molecule has 6 nitrogen and oxygen atoms in total. The number of nitrogens with one attached hydrogen (secondary N) is 1. The second kappa shape index (κ2) is 8.73. The van der Waals surface area contributed by atoms with Gasteiger partial charge in [0.1, 0.15) is 5.82 Å². The first-order valence-electron chi connectivity index (χ1n) is 8.99. The molecule has 0 bridgehead atoms. The molecule has 0 saturated carbocycles. The second-order valence-corrected chi connectivity index (χ2v) is 6.81. The molecule has 1 aromatic heterocycles. The molecule has 0 radical (unpaired) electrons. The second-order valence-electron chi connectivity index (χ2n) is 6.81. The van der Waals surface area contributed by atoms with E-state index in [0.29, 0.717) is 6.54 Å². The maximum Gasteiger partial charge on any atom is 0.231 e. The molecule has 1 fully saturated rings. The van der Waals surface area contributed by atoms with Gasteiger partial charge in [0.25, 0.3) is 0 Å². The van der Waals surface area contributed by atoms with Gasteiger partial charge in [0.2, 0.25) is 11.8 Å². The van der Waals surface area contributed by atoms with Crippen LogP contribution in [0, 0.1) is 11.7 Å². The van der Waals surface area contributed by atoms with E-state index in [1.165, 1.54) is 12.1 Å². The zero-order valence-corrected chi connectivity index (χ0v) is 15.0. The number of hydrogen-bond donors (Lipinski definition) is 2. The topological polar surface area (TPSA) is 88.3 Å². The highest BCUT2D eigenvalue weighted by atomic mass is 19.1. The first kappa shape index (κ1) is 19.0. The summed E-state index contributed by atoms with van der Waals surface area (Å²) in [7, 11) is 0. The maximum absolute atomic E-state index is 13.3. The number of primary amides is 1. The van der Waals surface area contributed by atoms with E-state index < -0.39 is 11.9 Å². The van der Waals surface area contributed by atoms with Crippen LogP contribution in [-0.2, 0) is 9.59 Å². The van der Waals surface area contributed by atoms with E-state index in [4.69, 9.17) is 5.73 Å². The van der Waals surface area contributed by atoms with E-state index in [2.05, 4.69) is 10.3 Å². The average Bonchev–Trinajstić information content (AvgIpc) is 2.67. The third kappa shape index (κ3) is 5.10. The first-order chi connectivity index (χ1) is 13.0. The van der Waals surface area contributed by atoms with Crippen molar-refractivity contribution in [2.24, 2.45) is 11.7 Å². The van der Waals surface area contributed by atoms with Gasteiger partial charge in [-0.3, -0.25) is 19.5 Å². The van der Waals surface area contributed by atoms with Gasteiger partial charge in [0, 0.05) is 18.9 Å². The lowest BCUT2D eigenvalue weighted by Gasteiger charge is -2.32. The molecule has 2 unspecified atom stereocenters. The number of benzene rings is 1. The number of piperidine rings is 1. The van der Waals surface area contributed by atoms with Crippen LogP contribution < -0.4 is 11.1 Å². The molecule has 3 rings (SSSR count). The Morgan fingerprint density at radius 3 is 2.52 bits per heavy atom. The van der Waals surface area contributed by atoms with Gasteiger partial charge in [-0.1, -0.05) is 12.1 Å². The number of carbonyl (C=O) groups excluding carboxylic acids is 2. The molecule has 7 heteroatoms. The molecule has 1 aliphatic rings. The Kier molecular flexibility index (Phi) is 6.13. The lowest BCUT2D eigenvalue weighted by atomic mass is 9.94. The largest absolute Gasteiger partial charge is 0.369 e. The fraction of sp³-hybridized carbons (Fsp3) is 0.350. The highest BCUT2D eigenvalue weighted by Gasteiger charge is 2.28. The minimum atomic E-state index is -0.396. The molecule has 1 saturated heterocycles. The third-order valence-electron chi connectivity index (χ3n) is 4.79. The van der Waals surface area contributed by atoms with Crippen LogP contribution in [0.15, 0.2) is 48.8 Å². The Morgan fingerprint density at radius 1 is 1.19 bits per heavy atom. The Bertz CT molecular complexity index is 782. The van der Waals surface area contributed by atoms with Crippen LogP contribution in [0.1, 0.15) is 30.0 Å². The summed E-state index contributed by atoms with van der Waals surface area (Å²) in [6.45, 7) is 1.43. The lowest BCUT2D eigenvalue weighted by molar-refractivity contribution is -0.128. The van der Waals surface area contributed by atoms with Crippen molar-refractivity contribution in [3.63, 3.8) is 0 Å². The quantitative estimate of drug-likeness (QED) is 0.809. The summed E-state index contributed by atoms with van der Waals surface area (Å²) in [4.78, 5) is 30.0. The Labute approximate surface area is 157 Å².